The van der Waals surface area contributed by atoms with E-state index in [0.717, 1.165) is 12.4 Å². The molecule has 8 heteroatoms. The monoisotopic (exact) mass is 307 g/mol. The van der Waals surface area contributed by atoms with Crippen LogP contribution < -0.4 is 9.30 Å². The molecule has 1 aromatic heterocycles. The Morgan fingerprint density at radius 2 is 1.90 bits per heavy atom. The predicted octanol–water partition coefficient (Wildman–Crippen LogP) is 1.82. The molecule has 110 valence electrons. The number of carbonyl (C=O) groups is 1. The summed E-state index contributed by atoms with van der Waals surface area (Å²) >= 11 is 4.57. The number of alkyl halides is 3. The molecule has 1 rings (SSSR count). The van der Waals surface area contributed by atoms with Crippen LogP contribution >= 0.6 is 0 Å². The van der Waals surface area contributed by atoms with Crippen LogP contribution in [0.3, 0.4) is 0 Å². The van der Waals surface area contributed by atoms with Crippen LogP contribution in [-0.2, 0) is 22.2 Å². The van der Waals surface area contributed by atoms with Gasteiger partial charge >= 0.3 is 12.1 Å². The summed E-state index contributed by atoms with van der Waals surface area (Å²) in [5, 5.41) is 0. The number of rotatable bonds is 4. The number of allylic oxidation sites excluding steroid dienone is 1. The number of halogens is 3. The van der Waals surface area contributed by atoms with Gasteiger partial charge < -0.3 is 22.1 Å². The number of ether oxygens (including phenoxy) is 2. The van der Waals surface area contributed by atoms with Gasteiger partial charge in [-0.15, -0.1) is 0 Å². The Morgan fingerprint density at radius 1 is 1.35 bits per heavy atom. The number of aromatic nitrogens is 1. The van der Waals surface area contributed by atoms with Crippen molar-refractivity contribution in [2.45, 2.75) is 13.1 Å². The summed E-state index contributed by atoms with van der Waals surface area (Å²) in [6.07, 6.45) is -2.58. The number of methoxy groups -OCH3 is 1. The first-order valence-corrected chi connectivity index (χ1v) is 5.93. The highest BCUT2D eigenvalue weighted by Crippen LogP contribution is 2.28. The molecular formula is C12H12F3NO3S. The maximum Gasteiger partial charge on any atom is 0.476 e. The number of pyridine rings is 1. The summed E-state index contributed by atoms with van der Waals surface area (Å²) in [4.78, 5) is 10.5. The lowest BCUT2D eigenvalue weighted by Crippen LogP contribution is -2.41. The Labute approximate surface area is 119 Å². The molecule has 0 saturated heterocycles. The first-order valence-electron chi connectivity index (χ1n) is 5.52. The number of carbonyl (C=O) groups excluding carboxylic acids is 1. The molecule has 0 N–H and O–H groups in total. The Morgan fingerprint density at radius 3 is 2.30 bits per heavy atom. The van der Waals surface area contributed by atoms with Crippen LogP contribution in [0.25, 0.3) is 5.70 Å². The van der Waals surface area contributed by atoms with E-state index in [-0.39, 0.29) is 6.61 Å². The summed E-state index contributed by atoms with van der Waals surface area (Å²) in [6.45, 7) is 1.42. The highest BCUT2D eigenvalue weighted by Gasteiger charge is 2.43. The predicted molar refractivity (Wildman–Crippen MR) is 66.5 cm³/mol. The van der Waals surface area contributed by atoms with Crippen LogP contribution in [0.4, 0.5) is 13.2 Å². The van der Waals surface area contributed by atoms with Crippen molar-refractivity contribution in [1.29, 1.82) is 0 Å². The van der Waals surface area contributed by atoms with E-state index in [0.29, 0.717) is 10.3 Å². The molecule has 0 aliphatic heterocycles. The van der Waals surface area contributed by atoms with Gasteiger partial charge in [0.2, 0.25) is 0 Å². The average Bonchev–Trinajstić information content (AvgIpc) is 2.38. The van der Waals surface area contributed by atoms with Gasteiger partial charge in [0.05, 0.1) is 13.7 Å². The molecule has 0 spiro atoms. The van der Waals surface area contributed by atoms with Crippen molar-refractivity contribution in [2.24, 2.45) is 0 Å². The van der Waals surface area contributed by atoms with E-state index in [1.54, 1.807) is 0 Å². The minimum atomic E-state index is -4.79. The third-order valence-electron chi connectivity index (χ3n) is 2.24. The zero-order valence-corrected chi connectivity index (χ0v) is 11.5. The molecular weight excluding hydrogens is 295 g/mol. The first kappa shape index (κ1) is 16.2. The molecule has 4 nitrogen and oxygen atoms in total. The van der Waals surface area contributed by atoms with Crippen molar-refractivity contribution in [1.82, 2.24) is 0 Å². The van der Waals surface area contributed by atoms with E-state index in [1.165, 1.54) is 26.2 Å². The van der Waals surface area contributed by atoms with Gasteiger partial charge in [-0.2, -0.15) is 17.7 Å². The highest BCUT2D eigenvalue weighted by atomic mass is 32.1. The van der Waals surface area contributed by atoms with Gasteiger partial charge in [-0.05, 0) is 11.8 Å². The van der Waals surface area contributed by atoms with Crippen LogP contribution in [0.1, 0.15) is 6.92 Å². The molecule has 0 aliphatic carbocycles. The molecule has 1 heterocycles. The maximum atomic E-state index is 13.1. The summed E-state index contributed by atoms with van der Waals surface area (Å²) in [7, 11) is 1.39. The van der Waals surface area contributed by atoms with Crippen molar-refractivity contribution < 1.29 is 32.0 Å². The number of esters is 1. The van der Waals surface area contributed by atoms with Crippen LogP contribution in [0.15, 0.2) is 29.4 Å². The maximum absolute atomic E-state index is 13.1. The van der Waals surface area contributed by atoms with Gasteiger partial charge in [-0.1, -0.05) is 0 Å². The quantitative estimate of drug-likeness (QED) is 0.368. The zero-order valence-electron chi connectivity index (χ0n) is 10.7. The van der Waals surface area contributed by atoms with E-state index < -0.39 is 22.7 Å². The van der Waals surface area contributed by atoms with E-state index >= 15 is 0 Å². The van der Waals surface area contributed by atoms with Gasteiger partial charge in [0, 0.05) is 12.1 Å². The molecule has 0 atom stereocenters. The molecule has 1 aromatic rings. The second-order valence-electron chi connectivity index (χ2n) is 3.54. The second-order valence-corrected chi connectivity index (χ2v) is 3.95. The van der Waals surface area contributed by atoms with E-state index in [9.17, 15) is 18.0 Å². The fourth-order valence-corrected chi connectivity index (χ4v) is 1.66. The number of hydrogen-bond acceptors (Lipinski definition) is 4. The highest BCUT2D eigenvalue weighted by molar-refractivity contribution is 7.65. The molecule has 0 amide bonds. The van der Waals surface area contributed by atoms with Gasteiger partial charge in [-0.3, -0.25) is 0 Å². The molecule has 20 heavy (non-hydrogen) atoms. The van der Waals surface area contributed by atoms with Crippen molar-refractivity contribution in [3.05, 3.63) is 29.4 Å². The van der Waals surface area contributed by atoms with Crippen LogP contribution in [0.2, 0.25) is 0 Å². The van der Waals surface area contributed by atoms with Gasteiger partial charge in [0.1, 0.15) is 5.75 Å². The Balaban J connectivity index is 3.32. The summed E-state index contributed by atoms with van der Waals surface area (Å²) in [5.41, 5.74) is -1.27. The number of nitrogens with zero attached hydrogens (tertiary/aromatic N) is 1. The third-order valence-corrected chi connectivity index (χ3v) is 2.60. The minimum Gasteiger partial charge on any atom is -0.766 e. The molecule has 0 aliphatic rings. The van der Waals surface area contributed by atoms with Gasteiger partial charge in [-0.25, -0.2) is 4.79 Å². The lowest BCUT2D eigenvalue weighted by molar-refractivity contribution is -0.596. The number of hydrogen-bond donors (Lipinski definition) is 0. The van der Waals surface area contributed by atoms with Gasteiger partial charge in [0.25, 0.3) is 5.70 Å². The Bertz CT molecular complexity index is 512. The van der Waals surface area contributed by atoms with Crippen molar-refractivity contribution in [3.8, 4) is 5.75 Å². The molecule has 0 unspecified atom stereocenters. The Hall–Kier alpha value is -1.83. The van der Waals surface area contributed by atoms with Crippen LogP contribution in [-0.4, -0.2) is 25.9 Å². The smallest absolute Gasteiger partial charge is 0.476 e. The van der Waals surface area contributed by atoms with Crippen LogP contribution in [0, 0.1) is 0 Å². The van der Waals surface area contributed by atoms with E-state index in [2.05, 4.69) is 17.4 Å². The molecule has 0 aromatic carbocycles. The largest absolute Gasteiger partial charge is 0.766 e. The normalized spacial score (nSPS) is 12.7. The molecule has 0 fully saturated rings. The van der Waals surface area contributed by atoms with E-state index in [4.69, 9.17) is 4.74 Å². The topological polar surface area (TPSA) is 39.4 Å². The minimum absolute atomic E-state index is 0.0581. The molecule has 0 saturated carbocycles. The summed E-state index contributed by atoms with van der Waals surface area (Å²) in [5.74, 6) is -0.803. The van der Waals surface area contributed by atoms with Crippen molar-refractivity contribution in [3.63, 3.8) is 0 Å². The standard InChI is InChI=1S/C12H12F3NO3S/c1-3-19-11(17)9(20)10(12(13,14)15)16-6-4-8(18-2)5-7-16/h4-7H,3H2,1-2H3. The van der Waals surface area contributed by atoms with Crippen LogP contribution in [0.5, 0.6) is 5.75 Å². The van der Waals surface area contributed by atoms with Crippen molar-refractivity contribution >= 4 is 24.3 Å². The lowest BCUT2D eigenvalue weighted by Gasteiger charge is -2.15. The fourth-order valence-electron chi connectivity index (χ4n) is 1.38. The lowest BCUT2D eigenvalue weighted by atomic mass is 10.3. The summed E-state index contributed by atoms with van der Waals surface area (Å²) < 4.78 is 49.2. The fraction of sp³-hybridized carbons (Fsp3) is 0.333. The average molecular weight is 307 g/mol. The summed E-state index contributed by atoms with van der Waals surface area (Å²) in [6, 6.07) is 2.64. The molecule has 0 radical (unpaired) electrons. The third kappa shape index (κ3) is 3.83. The molecule has 0 bridgehead atoms. The Kier molecular flexibility index (Phi) is 5.32. The SMILES string of the molecule is CCOC(=O)C([S-])=C([n+]1ccc(OC)cc1)C(F)(F)F. The first-order chi connectivity index (χ1) is 9.31. The second kappa shape index (κ2) is 6.56. The van der Waals surface area contributed by atoms with Crippen molar-refractivity contribution in [2.75, 3.05) is 13.7 Å². The van der Waals surface area contributed by atoms with E-state index in [1.807, 2.05) is 0 Å². The zero-order chi connectivity index (χ0) is 15.3. The van der Waals surface area contributed by atoms with Gasteiger partial charge in [0.15, 0.2) is 12.4 Å².